The maximum Gasteiger partial charge on any atom is 0.252 e. The molecule has 0 saturated carbocycles. The molecule has 126 valence electrons. The van der Waals surface area contributed by atoms with E-state index in [0.29, 0.717) is 30.9 Å². The zero-order valence-corrected chi connectivity index (χ0v) is 13.9. The molecule has 0 unspecified atom stereocenters. The van der Waals surface area contributed by atoms with Crippen LogP contribution in [-0.2, 0) is 6.42 Å². The maximum absolute atomic E-state index is 11.7. The lowest BCUT2D eigenvalue weighted by molar-refractivity contribution is -0.0168. The smallest absolute Gasteiger partial charge is 0.252 e. The van der Waals surface area contributed by atoms with Gasteiger partial charge in [-0.1, -0.05) is 30.3 Å². The molecule has 1 aliphatic rings. The van der Waals surface area contributed by atoms with Gasteiger partial charge in [0.25, 0.3) is 5.91 Å². The minimum atomic E-state index is -0.742. The van der Waals surface area contributed by atoms with Crippen molar-refractivity contribution in [2.24, 2.45) is 11.7 Å². The number of primary amides is 1. The molecule has 0 aliphatic carbocycles. The predicted molar refractivity (Wildman–Crippen MR) is 93.8 cm³/mol. The molecule has 3 N–H and O–H groups in total. The average Bonchev–Trinajstić information content (AvgIpc) is 2.57. The van der Waals surface area contributed by atoms with E-state index in [0.717, 1.165) is 6.42 Å². The van der Waals surface area contributed by atoms with Crippen LogP contribution in [0.1, 0.15) is 29.3 Å². The molecule has 1 aromatic heterocycles. The van der Waals surface area contributed by atoms with Crippen LogP contribution >= 0.6 is 0 Å². The van der Waals surface area contributed by atoms with E-state index < -0.39 is 11.5 Å². The Balaban J connectivity index is 1.84. The number of amides is 1. The van der Waals surface area contributed by atoms with Gasteiger partial charge in [-0.2, -0.15) is 0 Å². The summed E-state index contributed by atoms with van der Waals surface area (Å²) in [6.45, 7) is 3.18. The number of piperidine rings is 1. The number of aromatic nitrogens is 1. The Morgan fingerprint density at radius 2 is 2.08 bits per heavy atom. The van der Waals surface area contributed by atoms with E-state index in [1.165, 1.54) is 5.56 Å². The Labute approximate surface area is 142 Å². The summed E-state index contributed by atoms with van der Waals surface area (Å²) >= 11 is 0. The Morgan fingerprint density at radius 3 is 2.79 bits per heavy atom. The molecule has 5 nitrogen and oxygen atoms in total. The number of aliphatic hydroxyl groups is 1. The summed E-state index contributed by atoms with van der Waals surface area (Å²) in [6.07, 6.45) is 3.07. The lowest BCUT2D eigenvalue weighted by atomic mass is 9.78. The van der Waals surface area contributed by atoms with Crippen molar-refractivity contribution in [2.45, 2.75) is 25.4 Å². The third kappa shape index (κ3) is 3.41. The van der Waals surface area contributed by atoms with E-state index >= 15 is 0 Å². The molecule has 24 heavy (non-hydrogen) atoms. The highest BCUT2D eigenvalue weighted by Gasteiger charge is 2.38. The summed E-state index contributed by atoms with van der Waals surface area (Å²) in [5.41, 5.74) is 6.36. The second-order valence-corrected chi connectivity index (χ2v) is 6.68. The van der Waals surface area contributed by atoms with E-state index in [1.807, 2.05) is 25.1 Å². The molecule has 1 amide bonds. The van der Waals surface area contributed by atoms with Gasteiger partial charge in [0.2, 0.25) is 0 Å². The molecule has 0 spiro atoms. The third-order valence-electron chi connectivity index (χ3n) is 4.88. The standard InChI is InChI=1S/C19H23N3O2/c1-19(24)9-11-22(18-16(17(20)23)8-5-10-21-18)13-15(19)12-14-6-3-2-4-7-14/h2-8,10,15,24H,9,11-13H2,1H3,(H2,20,23)/t15-,19+/m0/s1. The van der Waals surface area contributed by atoms with Gasteiger partial charge in [0.15, 0.2) is 0 Å². The molecule has 1 saturated heterocycles. The molecular formula is C19H23N3O2. The highest BCUT2D eigenvalue weighted by atomic mass is 16.3. The summed E-state index contributed by atoms with van der Waals surface area (Å²) < 4.78 is 0. The zero-order valence-electron chi connectivity index (χ0n) is 13.9. The van der Waals surface area contributed by atoms with Gasteiger partial charge in [-0.3, -0.25) is 4.79 Å². The minimum absolute atomic E-state index is 0.0522. The van der Waals surface area contributed by atoms with Crippen LogP contribution in [-0.4, -0.2) is 34.7 Å². The minimum Gasteiger partial charge on any atom is -0.390 e. The van der Waals surface area contributed by atoms with E-state index in [9.17, 15) is 9.90 Å². The van der Waals surface area contributed by atoms with Gasteiger partial charge < -0.3 is 15.7 Å². The molecule has 0 radical (unpaired) electrons. The number of benzene rings is 1. The molecule has 2 aromatic rings. The number of nitrogens with two attached hydrogens (primary N) is 1. The van der Waals surface area contributed by atoms with Gasteiger partial charge in [0.1, 0.15) is 5.82 Å². The fourth-order valence-electron chi connectivity index (χ4n) is 3.34. The van der Waals surface area contributed by atoms with Gasteiger partial charge in [-0.05, 0) is 37.5 Å². The van der Waals surface area contributed by atoms with E-state index in [4.69, 9.17) is 5.73 Å². The van der Waals surface area contributed by atoms with Gasteiger partial charge in [-0.15, -0.1) is 0 Å². The van der Waals surface area contributed by atoms with Crippen LogP contribution in [0, 0.1) is 5.92 Å². The first-order valence-electron chi connectivity index (χ1n) is 8.23. The Hall–Kier alpha value is -2.40. The number of carbonyl (C=O) groups is 1. The first kappa shape index (κ1) is 16.5. The van der Waals surface area contributed by atoms with Crippen molar-refractivity contribution in [3.05, 3.63) is 59.8 Å². The van der Waals surface area contributed by atoms with Crippen molar-refractivity contribution < 1.29 is 9.90 Å². The number of hydrogen-bond acceptors (Lipinski definition) is 4. The summed E-state index contributed by atoms with van der Waals surface area (Å²) in [4.78, 5) is 18.1. The molecule has 5 heteroatoms. The number of hydrogen-bond donors (Lipinski definition) is 2. The van der Waals surface area contributed by atoms with Crippen molar-refractivity contribution in [1.29, 1.82) is 0 Å². The average molecular weight is 325 g/mol. The van der Waals surface area contributed by atoms with Gasteiger partial charge in [-0.25, -0.2) is 4.98 Å². The normalized spacial score (nSPS) is 23.9. The second kappa shape index (κ2) is 6.61. The molecule has 1 aromatic carbocycles. The maximum atomic E-state index is 11.7. The van der Waals surface area contributed by atoms with Crippen LogP contribution in [0.5, 0.6) is 0 Å². The van der Waals surface area contributed by atoms with Gasteiger partial charge >= 0.3 is 0 Å². The summed E-state index contributed by atoms with van der Waals surface area (Å²) in [6, 6.07) is 13.6. The summed E-state index contributed by atoms with van der Waals surface area (Å²) in [5.74, 6) is 0.185. The van der Waals surface area contributed by atoms with Crippen molar-refractivity contribution >= 4 is 11.7 Å². The highest BCUT2D eigenvalue weighted by Crippen LogP contribution is 2.33. The third-order valence-corrected chi connectivity index (χ3v) is 4.88. The van der Waals surface area contributed by atoms with Crippen LogP contribution in [0.25, 0.3) is 0 Å². The van der Waals surface area contributed by atoms with Gasteiger partial charge in [0, 0.05) is 25.2 Å². The molecular weight excluding hydrogens is 302 g/mol. The van der Waals surface area contributed by atoms with Crippen LogP contribution in [0.3, 0.4) is 0 Å². The lowest BCUT2D eigenvalue weighted by Gasteiger charge is -2.43. The van der Waals surface area contributed by atoms with E-state index in [2.05, 4.69) is 22.0 Å². The number of nitrogens with zero attached hydrogens (tertiary/aromatic N) is 2. The Bertz CT molecular complexity index is 716. The fourth-order valence-corrected chi connectivity index (χ4v) is 3.34. The molecule has 3 rings (SSSR count). The van der Waals surface area contributed by atoms with Crippen molar-refractivity contribution in [3.63, 3.8) is 0 Å². The number of rotatable bonds is 4. The fraction of sp³-hybridized carbons (Fsp3) is 0.368. The first-order chi connectivity index (χ1) is 11.5. The number of pyridine rings is 1. The monoisotopic (exact) mass is 325 g/mol. The Morgan fingerprint density at radius 1 is 1.33 bits per heavy atom. The van der Waals surface area contributed by atoms with Gasteiger partial charge in [0.05, 0.1) is 11.2 Å². The first-order valence-corrected chi connectivity index (χ1v) is 8.23. The quantitative estimate of drug-likeness (QED) is 0.901. The lowest BCUT2D eigenvalue weighted by Crippen LogP contribution is -2.51. The molecule has 1 fully saturated rings. The molecule has 1 aliphatic heterocycles. The van der Waals surface area contributed by atoms with E-state index in [1.54, 1.807) is 18.3 Å². The molecule has 0 bridgehead atoms. The highest BCUT2D eigenvalue weighted by molar-refractivity contribution is 5.97. The molecule has 2 heterocycles. The number of anilines is 1. The second-order valence-electron chi connectivity index (χ2n) is 6.68. The van der Waals surface area contributed by atoms with Crippen molar-refractivity contribution in [2.75, 3.05) is 18.0 Å². The zero-order chi connectivity index (χ0) is 17.2. The van der Waals surface area contributed by atoms with E-state index in [-0.39, 0.29) is 5.92 Å². The van der Waals surface area contributed by atoms with Crippen LogP contribution in [0.4, 0.5) is 5.82 Å². The molecule has 2 atom stereocenters. The summed E-state index contributed by atoms with van der Waals surface area (Å²) in [5, 5.41) is 10.8. The number of carbonyl (C=O) groups excluding carboxylic acids is 1. The predicted octanol–water partition coefficient (Wildman–Crippen LogP) is 2.00. The van der Waals surface area contributed by atoms with Crippen molar-refractivity contribution in [3.8, 4) is 0 Å². The van der Waals surface area contributed by atoms with Crippen LogP contribution in [0.15, 0.2) is 48.7 Å². The van der Waals surface area contributed by atoms with Crippen molar-refractivity contribution in [1.82, 2.24) is 4.98 Å². The van der Waals surface area contributed by atoms with Crippen LogP contribution in [0.2, 0.25) is 0 Å². The topological polar surface area (TPSA) is 79.4 Å². The Kier molecular flexibility index (Phi) is 4.53. The van der Waals surface area contributed by atoms with Crippen LogP contribution < -0.4 is 10.6 Å². The SMILES string of the molecule is C[C@@]1(O)CCN(c2ncccc2C(N)=O)C[C@@H]1Cc1ccccc1. The largest absolute Gasteiger partial charge is 0.390 e. The summed E-state index contributed by atoms with van der Waals surface area (Å²) in [7, 11) is 0.